The second-order valence-corrected chi connectivity index (χ2v) is 5.75. The Labute approximate surface area is 127 Å². The molecule has 0 aliphatic carbocycles. The van der Waals surface area contributed by atoms with Crippen molar-refractivity contribution in [3.8, 4) is 0 Å². The predicted octanol–water partition coefficient (Wildman–Crippen LogP) is 5.45. The third kappa shape index (κ3) is 3.84. The number of nitrogens with one attached hydrogen (secondary N) is 1. The van der Waals surface area contributed by atoms with E-state index in [1.807, 2.05) is 12.1 Å². The molecular formula is C18H22ClN. The first-order valence-electron chi connectivity index (χ1n) is 7.18. The Morgan fingerprint density at radius 3 is 2.35 bits per heavy atom. The van der Waals surface area contributed by atoms with E-state index >= 15 is 0 Å². The average Bonchev–Trinajstić information content (AvgIpc) is 2.45. The fourth-order valence-corrected chi connectivity index (χ4v) is 2.61. The molecule has 20 heavy (non-hydrogen) atoms. The minimum Gasteiger partial charge on any atom is -0.303 e. The van der Waals surface area contributed by atoms with Gasteiger partial charge in [0.05, 0.1) is 0 Å². The minimum atomic E-state index is 0.329. The van der Waals surface area contributed by atoms with Gasteiger partial charge in [0, 0.05) is 17.1 Å². The van der Waals surface area contributed by atoms with Crippen molar-refractivity contribution < 1.29 is 0 Å². The van der Waals surface area contributed by atoms with Crippen LogP contribution in [0.15, 0.2) is 48.5 Å². The molecule has 0 aliphatic rings. The fourth-order valence-electron chi connectivity index (χ4n) is 2.48. The molecule has 0 heterocycles. The largest absolute Gasteiger partial charge is 0.303 e. The van der Waals surface area contributed by atoms with E-state index in [1.54, 1.807) is 0 Å². The van der Waals surface area contributed by atoms with E-state index in [0.29, 0.717) is 12.1 Å². The van der Waals surface area contributed by atoms with Crippen LogP contribution in [0.3, 0.4) is 0 Å². The summed E-state index contributed by atoms with van der Waals surface area (Å²) in [6.45, 7) is 6.55. The van der Waals surface area contributed by atoms with Crippen LogP contribution < -0.4 is 5.32 Å². The van der Waals surface area contributed by atoms with Gasteiger partial charge in [0.1, 0.15) is 0 Å². The zero-order chi connectivity index (χ0) is 14.5. The van der Waals surface area contributed by atoms with Crippen LogP contribution in [0, 0.1) is 6.92 Å². The smallest absolute Gasteiger partial charge is 0.0406 e. The minimum absolute atomic E-state index is 0.329. The molecule has 1 N–H and O–H groups in total. The van der Waals surface area contributed by atoms with E-state index in [9.17, 15) is 0 Å². The van der Waals surface area contributed by atoms with Crippen molar-refractivity contribution in [3.63, 3.8) is 0 Å². The van der Waals surface area contributed by atoms with Gasteiger partial charge in [-0.25, -0.2) is 0 Å². The molecule has 0 bridgehead atoms. The van der Waals surface area contributed by atoms with Gasteiger partial charge in [-0.15, -0.1) is 0 Å². The quantitative estimate of drug-likeness (QED) is 0.771. The van der Waals surface area contributed by atoms with Gasteiger partial charge in [-0.05, 0) is 43.5 Å². The van der Waals surface area contributed by atoms with E-state index in [0.717, 1.165) is 11.4 Å². The molecule has 1 unspecified atom stereocenters. The van der Waals surface area contributed by atoms with Crippen LogP contribution in [0.25, 0.3) is 0 Å². The molecule has 0 saturated carbocycles. The highest BCUT2D eigenvalue weighted by atomic mass is 35.5. The standard InChI is InChI=1S/C18H22ClN/c1-4-18(15-8-10-17(19)11-9-15)20-14(3)16-7-5-6-13(2)12-16/h5-12,14,18,20H,4H2,1-3H3/t14-,18?/m0/s1. The lowest BCUT2D eigenvalue weighted by molar-refractivity contribution is 0.456. The normalized spacial score (nSPS) is 14.0. The Bertz CT molecular complexity index is 548. The van der Waals surface area contributed by atoms with E-state index in [-0.39, 0.29) is 0 Å². The molecule has 0 aliphatic heterocycles. The van der Waals surface area contributed by atoms with Crippen molar-refractivity contribution in [1.82, 2.24) is 5.32 Å². The highest BCUT2D eigenvalue weighted by molar-refractivity contribution is 6.30. The molecule has 0 saturated heterocycles. The summed E-state index contributed by atoms with van der Waals surface area (Å²) < 4.78 is 0. The van der Waals surface area contributed by atoms with Crippen LogP contribution in [0.4, 0.5) is 0 Å². The SMILES string of the molecule is CCC(N[C@@H](C)c1cccc(C)c1)c1ccc(Cl)cc1. The summed E-state index contributed by atoms with van der Waals surface area (Å²) in [5.41, 5.74) is 3.92. The van der Waals surface area contributed by atoms with Crippen LogP contribution in [0.2, 0.25) is 5.02 Å². The number of rotatable bonds is 5. The fraction of sp³-hybridized carbons (Fsp3) is 0.333. The molecule has 2 rings (SSSR count). The molecule has 0 amide bonds. The van der Waals surface area contributed by atoms with Crippen LogP contribution in [-0.2, 0) is 0 Å². The maximum atomic E-state index is 5.96. The third-order valence-corrected chi connectivity index (χ3v) is 3.93. The molecule has 2 aromatic carbocycles. The first-order chi connectivity index (χ1) is 9.60. The number of halogens is 1. The summed E-state index contributed by atoms with van der Waals surface area (Å²) >= 11 is 5.96. The van der Waals surface area contributed by atoms with Crippen LogP contribution >= 0.6 is 11.6 Å². The molecule has 2 atom stereocenters. The van der Waals surface area contributed by atoms with Crippen LogP contribution in [-0.4, -0.2) is 0 Å². The first-order valence-corrected chi connectivity index (χ1v) is 7.56. The molecule has 1 nitrogen and oxygen atoms in total. The molecule has 0 spiro atoms. The van der Waals surface area contributed by atoms with E-state index in [2.05, 4.69) is 62.5 Å². The average molecular weight is 288 g/mol. The lowest BCUT2D eigenvalue weighted by atomic mass is 10.0. The molecule has 2 aromatic rings. The number of hydrogen-bond acceptors (Lipinski definition) is 1. The van der Waals surface area contributed by atoms with Crippen molar-refractivity contribution in [2.75, 3.05) is 0 Å². The first kappa shape index (κ1) is 15.1. The third-order valence-electron chi connectivity index (χ3n) is 3.67. The summed E-state index contributed by atoms with van der Waals surface area (Å²) in [5.74, 6) is 0. The molecular weight excluding hydrogens is 266 g/mol. The molecule has 0 fully saturated rings. The maximum absolute atomic E-state index is 5.96. The topological polar surface area (TPSA) is 12.0 Å². The number of benzene rings is 2. The van der Waals surface area contributed by atoms with Gasteiger partial charge in [-0.2, -0.15) is 0 Å². The number of hydrogen-bond donors (Lipinski definition) is 1. The van der Waals surface area contributed by atoms with Crippen LogP contribution in [0.5, 0.6) is 0 Å². The van der Waals surface area contributed by atoms with Crippen molar-refractivity contribution in [1.29, 1.82) is 0 Å². The Morgan fingerprint density at radius 1 is 1.05 bits per heavy atom. The Morgan fingerprint density at radius 2 is 1.75 bits per heavy atom. The maximum Gasteiger partial charge on any atom is 0.0406 e. The summed E-state index contributed by atoms with van der Waals surface area (Å²) in [6, 6.07) is 17.5. The van der Waals surface area contributed by atoms with Gasteiger partial charge >= 0.3 is 0 Å². The second-order valence-electron chi connectivity index (χ2n) is 5.31. The molecule has 106 valence electrons. The Kier molecular flexibility index (Phi) is 5.22. The summed E-state index contributed by atoms with van der Waals surface area (Å²) in [5, 5.41) is 4.49. The summed E-state index contributed by atoms with van der Waals surface area (Å²) in [7, 11) is 0. The second kappa shape index (κ2) is 6.92. The lowest BCUT2D eigenvalue weighted by Crippen LogP contribution is -2.24. The van der Waals surface area contributed by atoms with Crippen molar-refractivity contribution in [2.24, 2.45) is 0 Å². The van der Waals surface area contributed by atoms with Crippen LogP contribution in [0.1, 0.15) is 49.0 Å². The van der Waals surface area contributed by atoms with Crippen molar-refractivity contribution in [2.45, 2.75) is 39.3 Å². The van der Waals surface area contributed by atoms with E-state index in [1.165, 1.54) is 16.7 Å². The predicted molar refractivity (Wildman–Crippen MR) is 87.2 cm³/mol. The zero-order valence-corrected chi connectivity index (χ0v) is 13.1. The van der Waals surface area contributed by atoms with Gasteiger partial charge in [0.2, 0.25) is 0 Å². The highest BCUT2D eigenvalue weighted by Crippen LogP contribution is 2.23. The lowest BCUT2D eigenvalue weighted by Gasteiger charge is -2.23. The number of aryl methyl sites for hydroxylation is 1. The van der Waals surface area contributed by atoms with Gasteiger partial charge in [0.15, 0.2) is 0 Å². The van der Waals surface area contributed by atoms with Crippen molar-refractivity contribution in [3.05, 3.63) is 70.2 Å². The molecule has 2 heteroatoms. The molecule has 0 radical (unpaired) electrons. The van der Waals surface area contributed by atoms with E-state index < -0.39 is 0 Å². The van der Waals surface area contributed by atoms with Gasteiger partial charge in [-0.3, -0.25) is 0 Å². The highest BCUT2D eigenvalue weighted by Gasteiger charge is 2.13. The van der Waals surface area contributed by atoms with Crippen molar-refractivity contribution >= 4 is 11.6 Å². The monoisotopic (exact) mass is 287 g/mol. The Balaban J connectivity index is 2.11. The van der Waals surface area contributed by atoms with Gasteiger partial charge in [0.25, 0.3) is 0 Å². The van der Waals surface area contributed by atoms with E-state index in [4.69, 9.17) is 11.6 Å². The van der Waals surface area contributed by atoms with Gasteiger partial charge in [-0.1, -0.05) is 60.5 Å². The summed E-state index contributed by atoms with van der Waals surface area (Å²) in [6.07, 6.45) is 1.05. The van der Waals surface area contributed by atoms with Gasteiger partial charge < -0.3 is 5.32 Å². The molecule has 0 aromatic heterocycles. The summed E-state index contributed by atoms with van der Waals surface area (Å²) in [4.78, 5) is 0. The Hall–Kier alpha value is -1.31. The zero-order valence-electron chi connectivity index (χ0n) is 12.4.